The highest BCUT2D eigenvalue weighted by atomic mass is 16.6. The van der Waals surface area contributed by atoms with E-state index < -0.39 is 0 Å². The van der Waals surface area contributed by atoms with E-state index in [9.17, 15) is 10.1 Å². The Labute approximate surface area is 112 Å². The maximum absolute atomic E-state index is 11.1. The minimum absolute atomic E-state index is 0.0883. The highest BCUT2D eigenvalue weighted by molar-refractivity contribution is 5.58. The van der Waals surface area contributed by atoms with Crippen LogP contribution in [0.4, 0.5) is 11.5 Å². The maximum atomic E-state index is 11.1. The highest BCUT2D eigenvalue weighted by Crippen LogP contribution is 2.30. The minimum atomic E-state index is -0.356. The molecule has 2 rings (SSSR count). The van der Waals surface area contributed by atoms with Crippen molar-refractivity contribution in [1.82, 2.24) is 4.98 Å². The Morgan fingerprint density at radius 3 is 3.00 bits per heavy atom. The summed E-state index contributed by atoms with van der Waals surface area (Å²) >= 11 is 0. The lowest BCUT2D eigenvalue weighted by Crippen LogP contribution is -2.42. The molecule has 0 aliphatic carbocycles. The van der Waals surface area contributed by atoms with Crippen molar-refractivity contribution in [3.05, 3.63) is 27.9 Å². The van der Waals surface area contributed by atoms with E-state index in [0.29, 0.717) is 11.7 Å². The molecule has 1 aliphatic heterocycles. The number of nitro groups is 1. The van der Waals surface area contributed by atoms with Crippen LogP contribution in [0.3, 0.4) is 0 Å². The van der Waals surface area contributed by atoms with E-state index in [4.69, 9.17) is 5.73 Å². The highest BCUT2D eigenvalue weighted by Gasteiger charge is 2.28. The van der Waals surface area contributed by atoms with Gasteiger partial charge in [-0.05, 0) is 38.2 Å². The summed E-state index contributed by atoms with van der Waals surface area (Å²) in [6.07, 6.45) is 3.75. The second-order valence-corrected chi connectivity index (χ2v) is 5.32. The number of hydrogen-bond acceptors (Lipinski definition) is 5. The first-order valence-electron chi connectivity index (χ1n) is 6.60. The summed E-state index contributed by atoms with van der Waals surface area (Å²) in [5.74, 6) is 0.845. The third-order valence-electron chi connectivity index (χ3n) is 3.68. The van der Waals surface area contributed by atoms with Crippen LogP contribution in [0.2, 0.25) is 0 Å². The van der Waals surface area contributed by atoms with Gasteiger partial charge >= 0.3 is 5.69 Å². The second kappa shape index (κ2) is 5.52. The third-order valence-corrected chi connectivity index (χ3v) is 3.68. The Morgan fingerprint density at radius 2 is 2.37 bits per heavy atom. The number of nitrogens with two attached hydrogens (primary N) is 1. The molecule has 0 bridgehead atoms. The molecule has 0 amide bonds. The molecule has 0 spiro atoms. The third kappa shape index (κ3) is 3.01. The number of pyridine rings is 1. The van der Waals surface area contributed by atoms with Gasteiger partial charge in [-0.2, -0.15) is 0 Å². The lowest BCUT2D eigenvalue weighted by atomic mass is 9.92. The molecule has 0 saturated carbocycles. The molecule has 1 fully saturated rings. The van der Waals surface area contributed by atoms with Gasteiger partial charge in [-0.3, -0.25) is 10.1 Å². The number of aryl methyl sites for hydroxylation is 1. The fourth-order valence-corrected chi connectivity index (χ4v) is 2.56. The van der Waals surface area contributed by atoms with Gasteiger partial charge in [0.1, 0.15) is 0 Å². The van der Waals surface area contributed by atoms with Crippen LogP contribution >= 0.6 is 0 Å². The molecule has 1 aromatic heterocycles. The van der Waals surface area contributed by atoms with Gasteiger partial charge in [0.05, 0.1) is 4.92 Å². The Balaban J connectivity index is 2.28. The second-order valence-electron chi connectivity index (χ2n) is 5.32. The smallest absolute Gasteiger partial charge is 0.311 e. The zero-order valence-corrected chi connectivity index (χ0v) is 11.4. The van der Waals surface area contributed by atoms with Crippen molar-refractivity contribution in [2.45, 2.75) is 32.7 Å². The van der Waals surface area contributed by atoms with Crippen LogP contribution in [-0.2, 0) is 0 Å². The van der Waals surface area contributed by atoms with Crippen molar-refractivity contribution >= 4 is 11.5 Å². The predicted octanol–water partition coefficient (Wildman–Crippen LogP) is 1.86. The SMILES string of the molecule is Cc1cnc(N2CCCC(C(C)N)C2)c([N+](=O)[O-])c1. The fourth-order valence-electron chi connectivity index (χ4n) is 2.56. The summed E-state index contributed by atoms with van der Waals surface area (Å²) in [6, 6.07) is 1.69. The van der Waals surface area contributed by atoms with Gasteiger partial charge in [0, 0.05) is 31.4 Å². The van der Waals surface area contributed by atoms with Crippen LogP contribution in [0.15, 0.2) is 12.3 Å². The largest absolute Gasteiger partial charge is 0.351 e. The van der Waals surface area contributed by atoms with Gasteiger partial charge in [-0.1, -0.05) is 0 Å². The Kier molecular flexibility index (Phi) is 3.99. The van der Waals surface area contributed by atoms with Crippen LogP contribution < -0.4 is 10.6 Å². The Morgan fingerprint density at radius 1 is 1.63 bits per heavy atom. The fraction of sp³-hybridized carbons (Fsp3) is 0.615. The van der Waals surface area contributed by atoms with Crippen molar-refractivity contribution < 1.29 is 4.92 Å². The average Bonchev–Trinajstić information content (AvgIpc) is 2.38. The number of anilines is 1. The zero-order valence-electron chi connectivity index (χ0n) is 11.4. The molecule has 2 N–H and O–H groups in total. The quantitative estimate of drug-likeness (QED) is 0.665. The molecule has 19 heavy (non-hydrogen) atoms. The summed E-state index contributed by atoms with van der Waals surface area (Å²) < 4.78 is 0. The van der Waals surface area contributed by atoms with Crippen molar-refractivity contribution in [2.75, 3.05) is 18.0 Å². The molecule has 6 heteroatoms. The van der Waals surface area contributed by atoms with Gasteiger partial charge in [0.2, 0.25) is 5.82 Å². The number of aromatic nitrogens is 1. The first-order valence-corrected chi connectivity index (χ1v) is 6.60. The van der Waals surface area contributed by atoms with Crippen LogP contribution in [0.5, 0.6) is 0 Å². The van der Waals surface area contributed by atoms with Crippen LogP contribution in [0, 0.1) is 23.0 Å². The molecule has 104 valence electrons. The number of rotatable bonds is 3. The van der Waals surface area contributed by atoms with Crippen molar-refractivity contribution in [2.24, 2.45) is 11.7 Å². The number of piperidine rings is 1. The van der Waals surface area contributed by atoms with E-state index >= 15 is 0 Å². The van der Waals surface area contributed by atoms with Crippen molar-refractivity contribution in [1.29, 1.82) is 0 Å². The van der Waals surface area contributed by atoms with Crippen molar-refractivity contribution in [3.8, 4) is 0 Å². The molecule has 0 aromatic carbocycles. The van der Waals surface area contributed by atoms with E-state index in [2.05, 4.69) is 4.98 Å². The first kappa shape index (κ1) is 13.7. The molecule has 1 aliphatic rings. The molecule has 2 atom stereocenters. The minimum Gasteiger partial charge on any atom is -0.351 e. The predicted molar refractivity (Wildman–Crippen MR) is 74.2 cm³/mol. The Bertz CT molecular complexity index is 476. The van der Waals surface area contributed by atoms with Crippen LogP contribution in [0.1, 0.15) is 25.3 Å². The standard InChI is InChI=1S/C13H20N4O2/c1-9-6-12(17(18)19)13(15-7-9)16-5-3-4-11(8-16)10(2)14/h6-7,10-11H,3-5,8,14H2,1-2H3. The molecule has 2 unspecified atom stereocenters. The molecular formula is C13H20N4O2. The summed E-state index contributed by atoms with van der Waals surface area (Å²) in [4.78, 5) is 17.0. The monoisotopic (exact) mass is 264 g/mol. The Hall–Kier alpha value is -1.69. The lowest BCUT2D eigenvalue weighted by molar-refractivity contribution is -0.384. The van der Waals surface area contributed by atoms with E-state index in [1.165, 1.54) is 0 Å². The van der Waals surface area contributed by atoms with Gasteiger partial charge < -0.3 is 10.6 Å². The number of nitrogens with zero attached hydrogens (tertiary/aromatic N) is 3. The van der Waals surface area contributed by atoms with E-state index in [1.54, 1.807) is 12.3 Å². The molecule has 2 heterocycles. The zero-order chi connectivity index (χ0) is 14.0. The van der Waals surface area contributed by atoms with E-state index in [1.807, 2.05) is 18.7 Å². The van der Waals surface area contributed by atoms with Crippen molar-refractivity contribution in [3.63, 3.8) is 0 Å². The van der Waals surface area contributed by atoms with Gasteiger partial charge in [-0.15, -0.1) is 0 Å². The van der Waals surface area contributed by atoms with Gasteiger partial charge in [0.25, 0.3) is 0 Å². The van der Waals surface area contributed by atoms with Gasteiger partial charge in [0.15, 0.2) is 0 Å². The maximum Gasteiger partial charge on any atom is 0.311 e. The van der Waals surface area contributed by atoms with E-state index in [0.717, 1.165) is 31.5 Å². The first-order chi connectivity index (χ1) is 8.99. The topological polar surface area (TPSA) is 85.3 Å². The van der Waals surface area contributed by atoms with Crippen LogP contribution in [0.25, 0.3) is 0 Å². The summed E-state index contributed by atoms with van der Waals surface area (Å²) in [5, 5.41) is 11.1. The lowest BCUT2D eigenvalue weighted by Gasteiger charge is -2.35. The van der Waals surface area contributed by atoms with Crippen LogP contribution in [-0.4, -0.2) is 29.0 Å². The number of hydrogen-bond donors (Lipinski definition) is 1. The summed E-state index contributed by atoms with van der Waals surface area (Å²) in [5.41, 5.74) is 6.84. The van der Waals surface area contributed by atoms with Gasteiger partial charge in [-0.25, -0.2) is 4.98 Å². The molecule has 0 radical (unpaired) electrons. The summed E-state index contributed by atoms with van der Waals surface area (Å²) in [6.45, 7) is 5.35. The normalized spacial score (nSPS) is 21.2. The van der Waals surface area contributed by atoms with E-state index in [-0.39, 0.29) is 16.7 Å². The average molecular weight is 264 g/mol. The molecule has 1 saturated heterocycles. The molecular weight excluding hydrogens is 244 g/mol. The molecule has 6 nitrogen and oxygen atoms in total. The summed E-state index contributed by atoms with van der Waals surface area (Å²) in [7, 11) is 0. The molecule has 1 aromatic rings.